The molecule has 3 rings (SSSR count). The molecule has 0 aliphatic carbocycles. The molecule has 0 radical (unpaired) electrons. The number of ether oxygens (including phenoxy) is 1. The van der Waals surface area contributed by atoms with Gasteiger partial charge in [0.05, 0.1) is 33.9 Å². The van der Waals surface area contributed by atoms with Crippen molar-refractivity contribution in [1.29, 1.82) is 0 Å². The fourth-order valence-electron chi connectivity index (χ4n) is 2.32. The molecule has 0 atom stereocenters. The van der Waals surface area contributed by atoms with Crippen molar-refractivity contribution in [3.05, 3.63) is 58.2 Å². The summed E-state index contributed by atoms with van der Waals surface area (Å²) in [6, 6.07) is 11.0. The molecule has 0 N–H and O–H groups in total. The van der Waals surface area contributed by atoms with Gasteiger partial charge < -0.3 is 9.64 Å². The second-order valence-corrected chi connectivity index (χ2v) is 5.82. The van der Waals surface area contributed by atoms with E-state index in [1.807, 2.05) is 24.3 Å². The first-order valence-corrected chi connectivity index (χ1v) is 7.80. The number of aromatic nitrogens is 2. The minimum absolute atomic E-state index is 0.117. The third-order valence-corrected chi connectivity index (χ3v) is 4.30. The van der Waals surface area contributed by atoms with Crippen LogP contribution in [0.15, 0.2) is 42.6 Å². The van der Waals surface area contributed by atoms with E-state index in [0.717, 1.165) is 10.9 Å². The molecule has 2 aromatic carbocycles. The van der Waals surface area contributed by atoms with Gasteiger partial charge in [0, 0.05) is 18.6 Å². The fraction of sp³-hybridized carbons (Fsp3) is 0.118. The largest absolute Gasteiger partial charge is 0.465 e. The Morgan fingerprint density at radius 1 is 1.17 bits per heavy atom. The molecule has 3 aromatic rings. The maximum absolute atomic E-state index is 11.9. The third-order valence-electron chi connectivity index (χ3n) is 3.60. The van der Waals surface area contributed by atoms with E-state index in [-0.39, 0.29) is 15.6 Å². The minimum Gasteiger partial charge on any atom is -0.465 e. The summed E-state index contributed by atoms with van der Waals surface area (Å²) in [4.78, 5) is 22.5. The number of nitrogens with zero attached hydrogens (tertiary/aromatic N) is 3. The number of fused-ring (bicyclic) bond motifs is 1. The lowest BCUT2D eigenvalue weighted by Crippen LogP contribution is -2.15. The van der Waals surface area contributed by atoms with Gasteiger partial charge in [-0.15, -0.1) is 0 Å². The number of rotatable bonds is 3. The fourth-order valence-corrected chi connectivity index (χ4v) is 2.97. The number of carbonyl (C=O) groups excluding carboxylic acids is 1. The Morgan fingerprint density at radius 3 is 2.67 bits per heavy atom. The second-order valence-electron chi connectivity index (χ2n) is 5.03. The molecule has 0 spiro atoms. The van der Waals surface area contributed by atoms with Crippen LogP contribution in [0.5, 0.6) is 0 Å². The van der Waals surface area contributed by atoms with Gasteiger partial charge in [0.2, 0.25) is 5.95 Å². The smallest absolute Gasteiger partial charge is 0.340 e. The predicted octanol–water partition coefficient (Wildman–Crippen LogP) is 4.49. The molecule has 7 heteroatoms. The molecule has 122 valence electrons. The van der Waals surface area contributed by atoms with Crippen molar-refractivity contribution in [2.45, 2.75) is 0 Å². The molecule has 0 aliphatic rings. The molecule has 0 aliphatic heterocycles. The van der Waals surface area contributed by atoms with Gasteiger partial charge in [-0.3, -0.25) is 0 Å². The van der Waals surface area contributed by atoms with Crippen LogP contribution in [-0.4, -0.2) is 30.1 Å². The summed E-state index contributed by atoms with van der Waals surface area (Å²) in [5.74, 6) is -0.145. The van der Waals surface area contributed by atoms with Crippen LogP contribution < -0.4 is 4.90 Å². The number of methoxy groups -OCH3 is 1. The summed E-state index contributed by atoms with van der Waals surface area (Å²) in [5, 5.41) is 1.35. The zero-order valence-corrected chi connectivity index (χ0v) is 14.5. The standard InChI is InChI=1S/C17H13Cl2N3O2/c1-22(17-20-9-10-5-3-4-6-12(10)21-17)13-8-7-11(18)14(15(13)19)16(23)24-2/h3-9H,1-2H3. The predicted molar refractivity (Wildman–Crippen MR) is 95.4 cm³/mol. The SMILES string of the molecule is COC(=O)c1c(Cl)ccc(N(C)c2ncc3ccccc3n2)c1Cl. The van der Waals surface area contributed by atoms with Gasteiger partial charge >= 0.3 is 5.97 Å². The minimum atomic E-state index is -0.598. The van der Waals surface area contributed by atoms with Crippen molar-refractivity contribution in [3.8, 4) is 0 Å². The van der Waals surface area contributed by atoms with E-state index < -0.39 is 5.97 Å². The van der Waals surface area contributed by atoms with E-state index in [0.29, 0.717) is 11.6 Å². The average Bonchev–Trinajstić information content (AvgIpc) is 2.60. The number of hydrogen-bond acceptors (Lipinski definition) is 5. The molecule has 0 fully saturated rings. The molecule has 5 nitrogen and oxygen atoms in total. The molecule has 0 saturated heterocycles. The second kappa shape index (κ2) is 6.63. The highest BCUT2D eigenvalue weighted by Gasteiger charge is 2.21. The van der Waals surface area contributed by atoms with Crippen LogP contribution in [0.1, 0.15) is 10.4 Å². The van der Waals surface area contributed by atoms with Crippen LogP contribution in [0.25, 0.3) is 10.9 Å². The molecule has 0 bridgehead atoms. The highest BCUT2D eigenvalue weighted by atomic mass is 35.5. The zero-order chi connectivity index (χ0) is 17.3. The lowest BCUT2D eigenvalue weighted by molar-refractivity contribution is 0.0601. The molecular weight excluding hydrogens is 349 g/mol. The number of benzene rings is 2. The number of halogens is 2. The van der Waals surface area contributed by atoms with Crippen LogP contribution in [-0.2, 0) is 4.74 Å². The van der Waals surface area contributed by atoms with Crippen molar-refractivity contribution < 1.29 is 9.53 Å². The summed E-state index contributed by atoms with van der Waals surface area (Å²) < 4.78 is 4.74. The number of hydrogen-bond donors (Lipinski definition) is 0. The van der Waals surface area contributed by atoms with Crippen LogP contribution >= 0.6 is 23.2 Å². The van der Waals surface area contributed by atoms with Gasteiger partial charge in [-0.2, -0.15) is 0 Å². The molecule has 0 amide bonds. The van der Waals surface area contributed by atoms with Crippen LogP contribution in [0.3, 0.4) is 0 Å². The monoisotopic (exact) mass is 361 g/mol. The van der Waals surface area contributed by atoms with Gasteiger partial charge in [-0.05, 0) is 18.2 Å². The molecular formula is C17H13Cl2N3O2. The van der Waals surface area contributed by atoms with Crippen molar-refractivity contribution >= 4 is 51.7 Å². The number of para-hydroxylation sites is 1. The summed E-state index contributed by atoms with van der Waals surface area (Å²) >= 11 is 12.4. The maximum Gasteiger partial charge on any atom is 0.340 e. The molecule has 0 unspecified atom stereocenters. The quantitative estimate of drug-likeness (QED) is 0.643. The summed E-state index contributed by atoms with van der Waals surface area (Å²) in [6.45, 7) is 0. The van der Waals surface area contributed by atoms with E-state index in [2.05, 4.69) is 9.97 Å². The average molecular weight is 362 g/mol. The van der Waals surface area contributed by atoms with Crippen molar-refractivity contribution in [2.75, 3.05) is 19.1 Å². The lowest BCUT2D eigenvalue weighted by atomic mass is 10.2. The molecule has 0 saturated carbocycles. The van der Waals surface area contributed by atoms with Gasteiger partial charge in [0.25, 0.3) is 0 Å². The molecule has 24 heavy (non-hydrogen) atoms. The Hall–Kier alpha value is -2.37. The number of carbonyl (C=O) groups is 1. The Labute approximate surface area is 148 Å². The summed E-state index contributed by atoms with van der Waals surface area (Å²) in [5.41, 5.74) is 1.48. The first-order valence-electron chi connectivity index (χ1n) is 7.04. The zero-order valence-electron chi connectivity index (χ0n) is 13.0. The summed E-state index contributed by atoms with van der Waals surface area (Å²) in [6.07, 6.45) is 1.74. The van der Waals surface area contributed by atoms with Crippen molar-refractivity contribution in [3.63, 3.8) is 0 Å². The Kier molecular flexibility index (Phi) is 4.55. The highest BCUT2D eigenvalue weighted by Crippen LogP contribution is 2.36. The van der Waals surface area contributed by atoms with E-state index >= 15 is 0 Å². The van der Waals surface area contributed by atoms with Crippen molar-refractivity contribution in [1.82, 2.24) is 9.97 Å². The third kappa shape index (κ3) is 2.88. The van der Waals surface area contributed by atoms with Crippen LogP contribution in [0.2, 0.25) is 10.0 Å². The topological polar surface area (TPSA) is 55.3 Å². The Balaban J connectivity index is 2.08. The van der Waals surface area contributed by atoms with Gasteiger partial charge in [0.15, 0.2) is 0 Å². The van der Waals surface area contributed by atoms with Crippen LogP contribution in [0, 0.1) is 0 Å². The Morgan fingerprint density at radius 2 is 1.92 bits per heavy atom. The number of anilines is 2. The molecule has 1 aromatic heterocycles. The summed E-state index contributed by atoms with van der Waals surface area (Å²) in [7, 11) is 3.04. The lowest BCUT2D eigenvalue weighted by Gasteiger charge is -2.20. The van der Waals surface area contributed by atoms with Crippen molar-refractivity contribution in [2.24, 2.45) is 0 Å². The van der Waals surface area contributed by atoms with Gasteiger partial charge in [-0.1, -0.05) is 41.4 Å². The Bertz CT molecular complexity index is 931. The first kappa shape index (κ1) is 16.5. The molecule has 1 heterocycles. The maximum atomic E-state index is 11.9. The van der Waals surface area contributed by atoms with Gasteiger partial charge in [0.1, 0.15) is 0 Å². The van der Waals surface area contributed by atoms with Crippen LogP contribution in [0.4, 0.5) is 11.6 Å². The highest BCUT2D eigenvalue weighted by molar-refractivity contribution is 6.41. The van der Waals surface area contributed by atoms with Gasteiger partial charge in [-0.25, -0.2) is 14.8 Å². The van der Waals surface area contributed by atoms with E-state index in [4.69, 9.17) is 27.9 Å². The van der Waals surface area contributed by atoms with E-state index in [1.54, 1.807) is 30.3 Å². The van der Waals surface area contributed by atoms with E-state index in [9.17, 15) is 4.79 Å². The van der Waals surface area contributed by atoms with E-state index in [1.165, 1.54) is 7.11 Å². The number of esters is 1. The first-order chi connectivity index (χ1) is 11.5. The normalized spacial score (nSPS) is 10.7.